The van der Waals surface area contributed by atoms with Crippen molar-refractivity contribution in [1.29, 1.82) is 0 Å². The molecule has 5 heteroatoms. The summed E-state index contributed by atoms with van der Waals surface area (Å²) >= 11 is 0. The smallest absolute Gasteiger partial charge is 0.243 e. The predicted octanol–water partition coefficient (Wildman–Crippen LogP) is 1.97. The van der Waals surface area contributed by atoms with E-state index in [-0.39, 0.29) is 11.9 Å². The van der Waals surface area contributed by atoms with Gasteiger partial charge in [0.05, 0.1) is 24.8 Å². The second kappa shape index (κ2) is 5.08. The largest absolute Gasteiger partial charge is 0.467 e. The summed E-state index contributed by atoms with van der Waals surface area (Å²) in [6.07, 6.45) is 3.29. The lowest BCUT2D eigenvalue weighted by molar-refractivity contribution is -0.124. The zero-order valence-electron chi connectivity index (χ0n) is 10.8. The molecule has 0 saturated carbocycles. The van der Waals surface area contributed by atoms with Gasteiger partial charge < -0.3 is 14.3 Å². The Bertz CT molecular complexity index is 528. The average Bonchev–Trinajstić information content (AvgIpc) is 2.97. The van der Waals surface area contributed by atoms with E-state index in [1.165, 1.54) is 0 Å². The summed E-state index contributed by atoms with van der Waals surface area (Å²) in [6, 6.07) is 3.35. The quantitative estimate of drug-likeness (QED) is 0.898. The number of imidazole rings is 1. The van der Waals surface area contributed by atoms with E-state index in [0.29, 0.717) is 6.54 Å². The van der Waals surface area contributed by atoms with Crippen LogP contribution in [0, 0.1) is 13.8 Å². The molecule has 1 unspecified atom stereocenters. The number of aryl methyl sites for hydroxylation is 1. The number of carbonyl (C=O) groups excluding carboxylic acids is 1. The molecule has 2 aromatic rings. The summed E-state index contributed by atoms with van der Waals surface area (Å²) in [7, 11) is 0. The Hall–Kier alpha value is -2.04. The van der Waals surface area contributed by atoms with Crippen LogP contribution in [0.3, 0.4) is 0 Å². The number of amides is 1. The Morgan fingerprint density at radius 2 is 2.33 bits per heavy atom. The second-order valence-electron chi connectivity index (χ2n) is 4.30. The van der Waals surface area contributed by atoms with Crippen molar-refractivity contribution in [3.8, 4) is 0 Å². The molecular weight excluding hydrogens is 230 g/mol. The first-order chi connectivity index (χ1) is 8.59. The molecule has 1 N–H and O–H groups in total. The van der Waals surface area contributed by atoms with Gasteiger partial charge in [0.25, 0.3) is 0 Å². The highest BCUT2D eigenvalue weighted by atomic mass is 16.3. The summed E-state index contributed by atoms with van der Waals surface area (Å²) < 4.78 is 7.03. The molecule has 0 aliphatic carbocycles. The van der Waals surface area contributed by atoms with Gasteiger partial charge >= 0.3 is 0 Å². The highest BCUT2D eigenvalue weighted by Crippen LogP contribution is 2.12. The topological polar surface area (TPSA) is 60.1 Å². The lowest BCUT2D eigenvalue weighted by Gasteiger charge is -2.14. The Balaban J connectivity index is 1.98. The highest BCUT2D eigenvalue weighted by molar-refractivity contribution is 5.79. The number of furan rings is 1. The summed E-state index contributed by atoms with van der Waals surface area (Å²) in [5.41, 5.74) is 1.95. The van der Waals surface area contributed by atoms with E-state index in [0.717, 1.165) is 17.1 Å². The number of carbonyl (C=O) groups is 1. The number of rotatable bonds is 4. The molecule has 0 fully saturated rings. The zero-order valence-corrected chi connectivity index (χ0v) is 10.8. The lowest BCUT2D eigenvalue weighted by Crippen LogP contribution is -2.30. The summed E-state index contributed by atoms with van der Waals surface area (Å²) in [6.45, 7) is 6.15. The Kier molecular flexibility index (Phi) is 3.50. The van der Waals surface area contributed by atoms with Gasteiger partial charge in [0.15, 0.2) is 0 Å². The molecule has 18 heavy (non-hydrogen) atoms. The SMILES string of the molecule is Cc1ncn(C(C)C(=O)NCc2ccco2)c1C. The summed E-state index contributed by atoms with van der Waals surface area (Å²) in [5.74, 6) is 0.695. The predicted molar refractivity (Wildman–Crippen MR) is 67.0 cm³/mol. The fraction of sp³-hybridized carbons (Fsp3) is 0.385. The summed E-state index contributed by atoms with van der Waals surface area (Å²) in [5, 5.41) is 2.84. The molecular formula is C13H17N3O2. The van der Waals surface area contributed by atoms with Crippen molar-refractivity contribution < 1.29 is 9.21 Å². The molecule has 2 heterocycles. The van der Waals surface area contributed by atoms with E-state index in [9.17, 15) is 4.79 Å². The first-order valence-corrected chi connectivity index (χ1v) is 5.89. The maximum absolute atomic E-state index is 12.0. The van der Waals surface area contributed by atoms with Crippen molar-refractivity contribution in [3.05, 3.63) is 41.9 Å². The Morgan fingerprint density at radius 3 is 2.89 bits per heavy atom. The first-order valence-electron chi connectivity index (χ1n) is 5.89. The van der Waals surface area contributed by atoms with E-state index in [1.807, 2.05) is 31.4 Å². The van der Waals surface area contributed by atoms with Crippen LogP contribution in [-0.2, 0) is 11.3 Å². The number of aromatic nitrogens is 2. The highest BCUT2D eigenvalue weighted by Gasteiger charge is 2.17. The molecule has 0 aliphatic rings. The van der Waals surface area contributed by atoms with Crippen molar-refractivity contribution in [2.24, 2.45) is 0 Å². The van der Waals surface area contributed by atoms with E-state index in [2.05, 4.69) is 10.3 Å². The maximum atomic E-state index is 12.0. The molecule has 1 amide bonds. The fourth-order valence-corrected chi connectivity index (χ4v) is 1.77. The van der Waals surface area contributed by atoms with Gasteiger partial charge in [-0.15, -0.1) is 0 Å². The van der Waals surface area contributed by atoms with Gasteiger partial charge in [-0.1, -0.05) is 0 Å². The minimum absolute atomic E-state index is 0.0492. The van der Waals surface area contributed by atoms with Crippen molar-refractivity contribution in [1.82, 2.24) is 14.9 Å². The van der Waals surface area contributed by atoms with Gasteiger partial charge in [-0.3, -0.25) is 4.79 Å². The maximum Gasteiger partial charge on any atom is 0.243 e. The molecule has 2 aromatic heterocycles. The van der Waals surface area contributed by atoms with Crippen LogP contribution in [0.15, 0.2) is 29.1 Å². The molecule has 0 bridgehead atoms. The van der Waals surface area contributed by atoms with Crippen molar-refractivity contribution in [3.63, 3.8) is 0 Å². The van der Waals surface area contributed by atoms with E-state index < -0.39 is 0 Å². The Labute approximate surface area is 106 Å². The Morgan fingerprint density at radius 1 is 1.56 bits per heavy atom. The van der Waals surface area contributed by atoms with Crippen LogP contribution < -0.4 is 5.32 Å². The number of hydrogen-bond donors (Lipinski definition) is 1. The van der Waals surface area contributed by atoms with E-state index in [4.69, 9.17) is 4.42 Å². The van der Waals surface area contributed by atoms with Crippen LogP contribution >= 0.6 is 0 Å². The second-order valence-corrected chi connectivity index (χ2v) is 4.30. The third kappa shape index (κ3) is 2.45. The average molecular weight is 247 g/mol. The van der Waals surface area contributed by atoms with Gasteiger partial charge in [0.1, 0.15) is 11.8 Å². The van der Waals surface area contributed by atoms with Gasteiger partial charge in [0.2, 0.25) is 5.91 Å². The third-order valence-electron chi connectivity index (χ3n) is 3.10. The van der Waals surface area contributed by atoms with Crippen LogP contribution in [0.5, 0.6) is 0 Å². The number of hydrogen-bond acceptors (Lipinski definition) is 3. The van der Waals surface area contributed by atoms with Gasteiger partial charge in [-0.05, 0) is 32.9 Å². The molecule has 1 atom stereocenters. The lowest BCUT2D eigenvalue weighted by atomic mass is 10.2. The minimum Gasteiger partial charge on any atom is -0.467 e. The van der Waals surface area contributed by atoms with Crippen LogP contribution in [-0.4, -0.2) is 15.5 Å². The van der Waals surface area contributed by atoms with Gasteiger partial charge in [-0.25, -0.2) is 4.98 Å². The molecule has 5 nitrogen and oxygen atoms in total. The molecule has 0 aliphatic heterocycles. The molecule has 0 saturated heterocycles. The van der Waals surface area contributed by atoms with Crippen LogP contribution in [0.1, 0.15) is 30.1 Å². The molecule has 0 aromatic carbocycles. The van der Waals surface area contributed by atoms with E-state index in [1.54, 1.807) is 18.7 Å². The fourth-order valence-electron chi connectivity index (χ4n) is 1.77. The zero-order chi connectivity index (χ0) is 13.1. The normalized spacial score (nSPS) is 12.4. The molecule has 0 radical (unpaired) electrons. The first kappa shape index (κ1) is 12.4. The molecule has 96 valence electrons. The van der Waals surface area contributed by atoms with Crippen molar-refractivity contribution in [2.75, 3.05) is 0 Å². The standard InChI is InChI=1S/C13H17N3O2/c1-9-10(2)16(8-15-9)11(3)13(17)14-7-12-5-4-6-18-12/h4-6,8,11H,7H2,1-3H3,(H,14,17). The molecule has 0 spiro atoms. The van der Waals surface area contributed by atoms with E-state index >= 15 is 0 Å². The van der Waals surface area contributed by atoms with Crippen molar-refractivity contribution in [2.45, 2.75) is 33.4 Å². The van der Waals surface area contributed by atoms with Crippen molar-refractivity contribution >= 4 is 5.91 Å². The van der Waals surface area contributed by atoms with Gasteiger partial charge in [0, 0.05) is 5.69 Å². The molecule has 2 rings (SSSR count). The summed E-state index contributed by atoms with van der Waals surface area (Å²) in [4.78, 5) is 16.2. The van der Waals surface area contributed by atoms with Crippen LogP contribution in [0.4, 0.5) is 0 Å². The third-order valence-corrected chi connectivity index (χ3v) is 3.10. The van der Waals surface area contributed by atoms with Gasteiger partial charge in [-0.2, -0.15) is 0 Å². The number of nitrogens with zero attached hydrogens (tertiary/aromatic N) is 2. The number of nitrogens with one attached hydrogen (secondary N) is 1. The minimum atomic E-state index is -0.277. The monoisotopic (exact) mass is 247 g/mol. The van der Waals surface area contributed by atoms with Crippen LogP contribution in [0.2, 0.25) is 0 Å². The van der Waals surface area contributed by atoms with Crippen LogP contribution in [0.25, 0.3) is 0 Å².